The van der Waals surface area contributed by atoms with Crippen molar-refractivity contribution in [3.63, 3.8) is 0 Å². The van der Waals surface area contributed by atoms with E-state index < -0.39 is 18.2 Å². The van der Waals surface area contributed by atoms with E-state index in [0.717, 1.165) is 12.8 Å². The van der Waals surface area contributed by atoms with Crippen LogP contribution < -0.4 is 20.7 Å². The summed E-state index contributed by atoms with van der Waals surface area (Å²) in [6, 6.07) is 5.99. The highest BCUT2D eigenvalue weighted by Crippen LogP contribution is 2.16. The van der Waals surface area contributed by atoms with E-state index in [2.05, 4.69) is 16.0 Å². The van der Waals surface area contributed by atoms with E-state index in [1.807, 2.05) is 0 Å². The Hall–Kier alpha value is -2.28. The number of rotatable bonds is 5. The highest BCUT2D eigenvalue weighted by molar-refractivity contribution is 5.87. The molecule has 1 aliphatic heterocycles. The first-order valence-corrected chi connectivity index (χ1v) is 7.74. The van der Waals surface area contributed by atoms with E-state index in [1.165, 1.54) is 0 Å². The van der Waals surface area contributed by atoms with Crippen molar-refractivity contribution in [1.29, 1.82) is 0 Å². The summed E-state index contributed by atoms with van der Waals surface area (Å²) in [6.45, 7) is 0.710. The molecule has 2 atom stereocenters. The van der Waals surface area contributed by atoms with Crippen molar-refractivity contribution >= 4 is 11.9 Å². The van der Waals surface area contributed by atoms with Gasteiger partial charge in [-0.05, 0) is 37.0 Å². The third-order valence-corrected chi connectivity index (χ3v) is 3.80. The average Bonchev–Trinajstić information content (AvgIpc) is 2.77. The molecule has 0 bridgehead atoms. The van der Waals surface area contributed by atoms with Crippen LogP contribution in [0.3, 0.4) is 0 Å². The van der Waals surface area contributed by atoms with Gasteiger partial charge in [-0.15, -0.1) is 0 Å². The minimum atomic E-state index is -0.824. The number of carbonyl (C=O) groups excluding carboxylic acids is 2. The Bertz CT molecular complexity index is 533. The van der Waals surface area contributed by atoms with Crippen LogP contribution in [-0.4, -0.2) is 43.3 Å². The number of hydrogen-bond donors (Lipinski definition) is 4. The lowest BCUT2D eigenvalue weighted by molar-refractivity contribution is -0.122. The molecule has 3 amide bonds. The van der Waals surface area contributed by atoms with E-state index in [4.69, 9.17) is 4.74 Å². The van der Waals surface area contributed by atoms with Crippen molar-refractivity contribution in [1.82, 2.24) is 16.0 Å². The molecule has 1 heterocycles. The zero-order chi connectivity index (χ0) is 16.7. The number of aliphatic hydroxyl groups excluding tert-OH is 1. The van der Waals surface area contributed by atoms with Gasteiger partial charge in [0.2, 0.25) is 5.91 Å². The molecule has 1 saturated heterocycles. The molecule has 1 aliphatic rings. The van der Waals surface area contributed by atoms with Crippen LogP contribution in [0.4, 0.5) is 4.79 Å². The Morgan fingerprint density at radius 3 is 2.83 bits per heavy atom. The van der Waals surface area contributed by atoms with E-state index in [-0.39, 0.29) is 12.5 Å². The fourth-order valence-electron chi connectivity index (χ4n) is 2.42. The Kier molecular flexibility index (Phi) is 6.22. The second-order valence-corrected chi connectivity index (χ2v) is 5.48. The van der Waals surface area contributed by atoms with Gasteiger partial charge in [0.1, 0.15) is 11.8 Å². The average molecular weight is 321 g/mol. The molecule has 2 rings (SSSR count). The first kappa shape index (κ1) is 17.1. The number of amides is 3. The molecule has 0 saturated carbocycles. The van der Waals surface area contributed by atoms with Gasteiger partial charge in [0.05, 0.1) is 13.2 Å². The highest BCUT2D eigenvalue weighted by atomic mass is 16.5. The number of hydrogen-bond acceptors (Lipinski definition) is 4. The van der Waals surface area contributed by atoms with E-state index >= 15 is 0 Å². The van der Waals surface area contributed by atoms with Gasteiger partial charge in [-0.25, -0.2) is 4.79 Å². The Morgan fingerprint density at radius 2 is 2.13 bits per heavy atom. The first-order valence-electron chi connectivity index (χ1n) is 7.74. The van der Waals surface area contributed by atoms with Crippen molar-refractivity contribution < 1.29 is 19.4 Å². The zero-order valence-corrected chi connectivity index (χ0v) is 13.2. The van der Waals surface area contributed by atoms with Crippen LogP contribution in [0.25, 0.3) is 0 Å². The zero-order valence-electron chi connectivity index (χ0n) is 13.2. The Labute approximate surface area is 135 Å². The lowest BCUT2D eigenvalue weighted by atomic mass is 10.1. The normalized spacial score (nSPS) is 19.2. The number of nitrogens with one attached hydrogen (secondary N) is 3. The second-order valence-electron chi connectivity index (χ2n) is 5.48. The number of ether oxygens (including phenoxy) is 1. The molecule has 0 spiro atoms. The molecule has 7 heteroatoms. The molecule has 7 nitrogen and oxygen atoms in total. The number of urea groups is 1. The van der Waals surface area contributed by atoms with Crippen LogP contribution in [0.5, 0.6) is 5.75 Å². The van der Waals surface area contributed by atoms with Gasteiger partial charge in [-0.2, -0.15) is 0 Å². The maximum atomic E-state index is 11.9. The van der Waals surface area contributed by atoms with E-state index in [0.29, 0.717) is 24.3 Å². The van der Waals surface area contributed by atoms with Gasteiger partial charge in [-0.1, -0.05) is 12.1 Å². The van der Waals surface area contributed by atoms with Crippen molar-refractivity contribution in [2.45, 2.75) is 31.4 Å². The standard InChI is InChI=1S/C16H23N3O4/c1-23-12-7-5-11(6-8-12)14(20)10-18-16(22)19-13-4-2-3-9-17-15(13)21/h5-8,13-14,20H,2-4,9-10H2,1H3,(H,17,21)(H2,18,19,22)/t13-,14+/m1/s1. The molecule has 0 aliphatic carbocycles. The molecule has 126 valence electrons. The summed E-state index contributed by atoms with van der Waals surface area (Å²) >= 11 is 0. The maximum absolute atomic E-state index is 11.9. The minimum absolute atomic E-state index is 0.0620. The summed E-state index contributed by atoms with van der Waals surface area (Å²) in [5.41, 5.74) is 0.679. The van der Waals surface area contributed by atoms with Crippen molar-refractivity contribution in [2.75, 3.05) is 20.2 Å². The quantitative estimate of drug-likeness (QED) is 0.641. The molecular formula is C16H23N3O4. The Morgan fingerprint density at radius 1 is 1.39 bits per heavy atom. The van der Waals surface area contributed by atoms with Gasteiger partial charge >= 0.3 is 6.03 Å². The number of aliphatic hydroxyl groups is 1. The smallest absolute Gasteiger partial charge is 0.315 e. The van der Waals surface area contributed by atoms with E-state index in [9.17, 15) is 14.7 Å². The SMILES string of the molecule is COc1ccc([C@@H](O)CNC(=O)N[C@@H]2CCCCNC2=O)cc1. The van der Waals surface area contributed by atoms with Gasteiger partial charge in [0, 0.05) is 13.1 Å². The molecule has 1 fully saturated rings. The third-order valence-electron chi connectivity index (χ3n) is 3.80. The van der Waals surface area contributed by atoms with Crippen LogP contribution in [0, 0.1) is 0 Å². The number of benzene rings is 1. The summed E-state index contributed by atoms with van der Waals surface area (Å²) in [5.74, 6) is 0.541. The lowest BCUT2D eigenvalue weighted by Crippen LogP contribution is -2.49. The lowest BCUT2D eigenvalue weighted by Gasteiger charge is -2.17. The van der Waals surface area contributed by atoms with Gasteiger partial charge < -0.3 is 25.8 Å². The van der Waals surface area contributed by atoms with Crippen LogP contribution in [0.15, 0.2) is 24.3 Å². The van der Waals surface area contributed by atoms with Crippen molar-refractivity contribution in [2.24, 2.45) is 0 Å². The molecule has 4 N–H and O–H groups in total. The van der Waals surface area contributed by atoms with Crippen molar-refractivity contribution in [3.8, 4) is 5.75 Å². The topological polar surface area (TPSA) is 99.7 Å². The summed E-state index contributed by atoms with van der Waals surface area (Å²) in [6.07, 6.45) is 1.61. The summed E-state index contributed by atoms with van der Waals surface area (Å²) in [4.78, 5) is 23.6. The summed E-state index contributed by atoms with van der Waals surface area (Å²) < 4.78 is 5.05. The highest BCUT2D eigenvalue weighted by Gasteiger charge is 2.22. The molecule has 0 unspecified atom stereocenters. The second kappa shape index (κ2) is 8.38. The number of methoxy groups -OCH3 is 1. The van der Waals surface area contributed by atoms with Crippen LogP contribution in [-0.2, 0) is 4.79 Å². The van der Waals surface area contributed by atoms with Gasteiger partial charge in [-0.3, -0.25) is 4.79 Å². The third kappa shape index (κ3) is 5.14. The van der Waals surface area contributed by atoms with Gasteiger partial charge in [0.25, 0.3) is 0 Å². The Balaban J connectivity index is 1.79. The predicted octanol–water partition coefficient (Wildman–Crippen LogP) is 0.696. The molecule has 0 radical (unpaired) electrons. The molecule has 1 aromatic rings. The number of carbonyl (C=O) groups is 2. The van der Waals surface area contributed by atoms with Gasteiger partial charge in [0.15, 0.2) is 0 Å². The van der Waals surface area contributed by atoms with Crippen LogP contribution in [0.1, 0.15) is 30.9 Å². The molecular weight excluding hydrogens is 298 g/mol. The van der Waals surface area contributed by atoms with Crippen LogP contribution >= 0.6 is 0 Å². The maximum Gasteiger partial charge on any atom is 0.315 e. The summed E-state index contributed by atoms with van der Waals surface area (Å²) in [5, 5.41) is 18.1. The summed E-state index contributed by atoms with van der Waals surface area (Å²) in [7, 11) is 1.57. The monoisotopic (exact) mass is 321 g/mol. The molecule has 0 aromatic heterocycles. The molecule has 23 heavy (non-hydrogen) atoms. The fourth-order valence-corrected chi connectivity index (χ4v) is 2.42. The fraction of sp³-hybridized carbons (Fsp3) is 0.500. The van der Waals surface area contributed by atoms with Crippen molar-refractivity contribution in [3.05, 3.63) is 29.8 Å². The predicted molar refractivity (Wildman–Crippen MR) is 85.1 cm³/mol. The molecule has 1 aromatic carbocycles. The van der Waals surface area contributed by atoms with Crippen LogP contribution in [0.2, 0.25) is 0 Å². The van der Waals surface area contributed by atoms with E-state index in [1.54, 1.807) is 31.4 Å². The first-order chi connectivity index (χ1) is 11.1. The largest absolute Gasteiger partial charge is 0.497 e. The minimum Gasteiger partial charge on any atom is -0.497 e.